The number of hydrogen-bond donors (Lipinski definition) is 0. The molecule has 1 aliphatic heterocycles. The summed E-state index contributed by atoms with van der Waals surface area (Å²) >= 11 is 0. The molecule has 1 atom stereocenters. The van der Waals surface area contributed by atoms with E-state index in [4.69, 9.17) is 0 Å². The third-order valence-electron chi connectivity index (χ3n) is 4.95. The lowest BCUT2D eigenvalue weighted by atomic mass is 9.85. The fraction of sp³-hybridized carbons (Fsp3) is 0.318. The van der Waals surface area contributed by atoms with Crippen LogP contribution in [0.5, 0.6) is 0 Å². The topological polar surface area (TPSA) is 47.8 Å². The Kier molecular flexibility index (Phi) is 4.27. The second-order valence-electron chi connectivity index (χ2n) is 7.71. The van der Waals surface area contributed by atoms with Crippen LogP contribution in [0.1, 0.15) is 43.5 Å². The number of benzene rings is 1. The van der Waals surface area contributed by atoms with Gasteiger partial charge in [-0.2, -0.15) is 0 Å². The van der Waals surface area contributed by atoms with Crippen LogP contribution in [0.2, 0.25) is 0 Å². The van der Waals surface area contributed by atoms with Gasteiger partial charge in [0.15, 0.2) is 6.17 Å². The Labute approximate surface area is 157 Å². The number of halogens is 1. The van der Waals surface area contributed by atoms with Gasteiger partial charge < -0.3 is 0 Å². The summed E-state index contributed by atoms with van der Waals surface area (Å²) in [6, 6.07) is 10.2. The molecule has 0 saturated heterocycles. The smallest absolute Gasteiger partial charge is 0.261 e. The lowest BCUT2D eigenvalue weighted by molar-refractivity contribution is 0.240. The molecule has 2 aromatic heterocycles. The molecule has 1 aliphatic rings. The minimum Gasteiger partial charge on any atom is -0.296 e. The number of fused-ring (bicyclic) bond motifs is 2. The van der Waals surface area contributed by atoms with E-state index in [0.29, 0.717) is 28.7 Å². The molecule has 4 nitrogen and oxygen atoms in total. The molecule has 5 heteroatoms. The van der Waals surface area contributed by atoms with Crippen LogP contribution in [0.15, 0.2) is 47.4 Å². The minimum absolute atomic E-state index is 0.0516. The van der Waals surface area contributed by atoms with E-state index >= 15 is 0 Å². The zero-order valence-electron chi connectivity index (χ0n) is 15.4. The number of rotatable bonds is 1. The number of aromatic nitrogens is 3. The molecule has 0 radical (unpaired) electrons. The molecule has 0 N–H and O–H groups in total. The van der Waals surface area contributed by atoms with Crippen LogP contribution in [-0.4, -0.2) is 14.5 Å². The Morgan fingerprint density at radius 1 is 1.26 bits per heavy atom. The number of pyridine rings is 1. The van der Waals surface area contributed by atoms with Gasteiger partial charge in [-0.15, -0.1) is 0 Å². The van der Waals surface area contributed by atoms with Gasteiger partial charge in [0.1, 0.15) is 11.5 Å². The Hall–Kier alpha value is -3.00. The zero-order valence-corrected chi connectivity index (χ0v) is 15.4. The second kappa shape index (κ2) is 6.62. The van der Waals surface area contributed by atoms with Crippen LogP contribution in [0.25, 0.3) is 10.9 Å². The van der Waals surface area contributed by atoms with Gasteiger partial charge >= 0.3 is 0 Å². The molecular formula is C22H20FN3O. The molecule has 4 rings (SSSR count). The van der Waals surface area contributed by atoms with Gasteiger partial charge in [0.05, 0.1) is 10.9 Å². The number of hydrogen-bond acceptors (Lipinski definition) is 3. The standard InChI is InChI=1S/C22H20FN3O/c1-22(2)11-10-20-25-19-13-15(6-8-17(19)21(27)26(20)14-22)18(23)9-7-16-5-3-4-12-24-16/h3-6,8,12-13,18H,10-11,14H2,1-2H3. The third kappa shape index (κ3) is 3.48. The maximum atomic E-state index is 14.6. The molecule has 1 unspecified atom stereocenters. The van der Waals surface area contributed by atoms with Crippen molar-refractivity contribution < 1.29 is 4.39 Å². The van der Waals surface area contributed by atoms with Crippen molar-refractivity contribution >= 4 is 10.9 Å². The first-order chi connectivity index (χ1) is 12.9. The minimum atomic E-state index is -1.46. The first kappa shape index (κ1) is 17.4. The van der Waals surface area contributed by atoms with E-state index in [-0.39, 0.29) is 11.0 Å². The number of aryl methyl sites for hydroxylation is 1. The van der Waals surface area contributed by atoms with E-state index in [1.807, 2.05) is 6.07 Å². The van der Waals surface area contributed by atoms with Crippen molar-refractivity contribution in [1.29, 1.82) is 0 Å². The van der Waals surface area contributed by atoms with E-state index in [1.165, 1.54) is 0 Å². The van der Waals surface area contributed by atoms with Crippen LogP contribution in [0.3, 0.4) is 0 Å². The fourth-order valence-corrected chi connectivity index (χ4v) is 3.41. The number of nitrogens with zero attached hydrogens (tertiary/aromatic N) is 3. The van der Waals surface area contributed by atoms with E-state index < -0.39 is 6.17 Å². The second-order valence-corrected chi connectivity index (χ2v) is 7.71. The van der Waals surface area contributed by atoms with Crippen LogP contribution in [0, 0.1) is 17.3 Å². The van der Waals surface area contributed by atoms with Crippen molar-refractivity contribution in [2.45, 2.75) is 39.4 Å². The van der Waals surface area contributed by atoms with Crippen molar-refractivity contribution in [2.24, 2.45) is 5.41 Å². The highest BCUT2D eigenvalue weighted by Crippen LogP contribution is 2.30. The highest BCUT2D eigenvalue weighted by atomic mass is 19.1. The quantitative estimate of drug-likeness (QED) is 0.619. The van der Waals surface area contributed by atoms with Gasteiger partial charge in [-0.25, -0.2) is 14.4 Å². The zero-order chi connectivity index (χ0) is 19.0. The Morgan fingerprint density at radius 2 is 2.11 bits per heavy atom. The molecule has 1 aromatic carbocycles. The summed E-state index contributed by atoms with van der Waals surface area (Å²) < 4.78 is 16.3. The summed E-state index contributed by atoms with van der Waals surface area (Å²) in [5.74, 6) is 6.09. The van der Waals surface area contributed by atoms with Crippen molar-refractivity contribution in [3.8, 4) is 11.8 Å². The highest BCUT2D eigenvalue weighted by molar-refractivity contribution is 5.78. The molecule has 136 valence electrons. The van der Waals surface area contributed by atoms with Crippen LogP contribution < -0.4 is 5.56 Å². The summed E-state index contributed by atoms with van der Waals surface area (Å²) in [5, 5.41) is 0.519. The van der Waals surface area contributed by atoms with E-state index in [9.17, 15) is 9.18 Å². The molecule has 0 spiro atoms. The maximum Gasteiger partial charge on any atom is 0.261 e. The number of alkyl halides is 1. The monoisotopic (exact) mass is 361 g/mol. The molecule has 3 aromatic rings. The lowest BCUT2D eigenvalue weighted by Gasteiger charge is -2.31. The average Bonchev–Trinajstić information content (AvgIpc) is 2.67. The van der Waals surface area contributed by atoms with Crippen molar-refractivity contribution in [1.82, 2.24) is 14.5 Å². The Bertz CT molecular complexity index is 1120. The molecule has 0 saturated carbocycles. The fourth-order valence-electron chi connectivity index (χ4n) is 3.41. The van der Waals surface area contributed by atoms with Crippen molar-refractivity contribution in [3.05, 3.63) is 70.0 Å². The van der Waals surface area contributed by atoms with E-state index in [2.05, 4.69) is 35.7 Å². The average molecular weight is 361 g/mol. The SMILES string of the molecule is CC1(C)CCc2nc3cc(C(F)C#Cc4ccccn4)ccc3c(=O)n2C1. The molecule has 27 heavy (non-hydrogen) atoms. The lowest BCUT2D eigenvalue weighted by Crippen LogP contribution is -2.36. The van der Waals surface area contributed by atoms with Crippen LogP contribution in [-0.2, 0) is 13.0 Å². The Morgan fingerprint density at radius 3 is 2.89 bits per heavy atom. The molecule has 0 aliphatic carbocycles. The highest BCUT2D eigenvalue weighted by Gasteiger charge is 2.27. The molecule has 0 bridgehead atoms. The summed E-state index contributed by atoms with van der Waals surface area (Å²) in [6.07, 6.45) is 1.89. The predicted molar refractivity (Wildman–Crippen MR) is 103 cm³/mol. The summed E-state index contributed by atoms with van der Waals surface area (Å²) in [5.41, 5.74) is 1.49. The summed E-state index contributed by atoms with van der Waals surface area (Å²) in [7, 11) is 0. The van der Waals surface area contributed by atoms with Gasteiger partial charge in [-0.1, -0.05) is 31.9 Å². The molecule has 0 fully saturated rings. The third-order valence-corrected chi connectivity index (χ3v) is 4.95. The van der Waals surface area contributed by atoms with Crippen LogP contribution in [0.4, 0.5) is 4.39 Å². The summed E-state index contributed by atoms with van der Waals surface area (Å²) in [4.78, 5) is 21.6. The van der Waals surface area contributed by atoms with Gasteiger partial charge in [-0.05, 0) is 42.0 Å². The first-order valence-corrected chi connectivity index (χ1v) is 9.03. The molecule has 3 heterocycles. The predicted octanol–water partition coefficient (Wildman–Crippen LogP) is 3.83. The normalized spacial score (nSPS) is 16.3. The van der Waals surface area contributed by atoms with Crippen molar-refractivity contribution in [2.75, 3.05) is 0 Å². The maximum absolute atomic E-state index is 14.6. The van der Waals surface area contributed by atoms with Gasteiger partial charge in [0, 0.05) is 24.7 Å². The molecular weight excluding hydrogens is 341 g/mol. The first-order valence-electron chi connectivity index (χ1n) is 9.03. The Balaban J connectivity index is 1.71. The van der Waals surface area contributed by atoms with E-state index in [0.717, 1.165) is 18.7 Å². The van der Waals surface area contributed by atoms with Gasteiger partial charge in [0.25, 0.3) is 5.56 Å². The largest absolute Gasteiger partial charge is 0.296 e. The van der Waals surface area contributed by atoms with E-state index in [1.54, 1.807) is 41.1 Å². The van der Waals surface area contributed by atoms with Gasteiger partial charge in [0.2, 0.25) is 0 Å². The molecule has 0 amide bonds. The van der Waals surface area contributed by atoms with Crippen LogP contribution >= 0.6 is 0 Å². The van der Waals surface area contributed by atoms with Gasteiger partial charge in [-0.3, -0.25) is 9.36 Å². The summed E-state index contributed by atoms with van der Waals surface area (Å²) in [6.45, 7) is 4.97. The van der Waals surface area contributed by atoms with Crippen molar-refractivity contribution in [3.63, 3.8) is 0 Å².